The summed E-state index contributed by atoms with van der Waals surface area (Å²) in [5.41, 5.74) is 5.13. The summed E-state index contributed by atoms with van der Waals surface area (Å²) in [6.07, 6.45) is 6.35. The number of nitrogens with zero attached hydrogens (tertiary/aromatic N) is 5. The van der Waals surface area contributed by atoms with E-state index in [-0.39, 0.29) is 12.5 Å². The smallest absolute Gasteiger partial charge is 0.248 e. The lowest BCUT2D eigenvalue weighted by atomic mass is 9.90. The minimum Gasteiger partial charge on any atom is -0.375 e. The van der Waals surface area contributed by atoms with Crippen molar-refractivity contribution < 1.29 is 9.53 Å². The summed E-state index contributed by atoms with van der Waals surface area (Å²) in [6, 6.07) is 0. The molecule has 7 heteroatoms. The summed E-state index contributed by atoms with van der Waals surface area (Å²) < 4.78 is 6.84. The standard InChI is InChI=1S/C19H27N5O2/c1-13-18(14(2)23(3)22-13)19-16(20-7-8-21-19)11-15-5-9-24(10-6-15)17(25)12-26-4/h7-8,15H,5-6,9-12H2,1-4H3. The maximum atomic E-state index is 11.9. The Kier molecular flexibility index (Phi) is 5.66. The van der Waals surface area contributed by atoms with Gasteiger partial charge in [0.05, 0.1) is 17.1 Å². The second-order valence-corrected chi connectivity index (χ2v) is 6.98. The molecular weight excluding hydrogens is 330 g/mol. The van der Waals surface area contributed by atoms with Crippen LogP contribution in [0.5, 0.6) is 0 Å². The molecule has 26 heavy (non-hydrogen) atoms. The van der Waals surface area contributed by atoms with E-state index in [4.69, 9.17) is 4.74 Å². The van der Waals surface area contributed by atoms with Crippen LogP contribution in [-0.2, 0) is 23.0 Å². The van der Waals surface area contributed by atoms with Crippen molar-refractivity contribution in [1.82, 2.24) is 24.6 Å². The quantitative estimate of drug-likeness (QED) is 0.817. The van der Waals surface area contributed by atoms with E-state index in [2.05, 4.69) is 22.0 Å². The van der Waals surface area contributed by atoms with E-state index in [1.54, 1.807) is 19.5 Å². The number of rotatable bonds is 5. The van der Waals surface area contributed by atoms with E-state index in [0.29, 0.717) is 5.92 Å². The minimum atomic E-state index is 0.0766. The average Bonchev–Trinajstić information content (AvgIpc) is 2.88. The zero-order valence-electron chi connectivity index (χ0n) is 16.0. The molecule has 2 aromatic heterocycles. The average molecular weight is 357 g/mol. The number of hydrogen-bond donors (Lipinski definition) is 0. The van der Waals surface area contributed by atoms with Crippen molar-refractivity contribution in [2.24, 2.45) is 13.0 Å². The third-order valence-corrected chi connectivity index (χ3v) is 5.24. The fraction of sp³-hybridized carbons (Fsp3) is 0.579. The molecule has 7 nitrogen and oxygen atoms in total. The van der Waals surface area contributed by atoms with Crippen molar-refractivity contribution in [3.8, 4) is 11.3 Å². The molecule has 0 aliphatic carbocycles. The van der Waals surface area contributed by atoms with Crippen molar-refractivity contribution in [3.05, 3.63) is 29.5 Å². The Labute approximate surface area is 154 Å². The van der Waals surface area contributed by atoms with Gasteiger partial charge in [0, 0.05) is 50.9 Å². The zero-order valence-corrected chi connectivity index (χ0v) is 16.0. The Hall–Kier alpha value is -2.28. The number of piperidine rings is 1. The maximum Gasteiger partial charge on any atom is 0.248 e. The molecule has 1 aliphatic rings. The van der Waals surface area contributed by atoms with Crippen LogP contribution in [0.3, 0.4) is 0 Å². The number of carbonyl (C=O) groups excluding carboxylic acids is 1. The predicted octanol–water partition coefficient (Wildman–Crippen LogP) is 1.92. The molecule has 0 spiro atoms. The summed E-state index contributed by atoms with van der Waals surface area (Å²) >= 11 is 0. The molecule has 0 bridgehead atoms. The summed E-state index contributed by atoms with van der Waals surface area (Å²) in [5, 5.41) is 4.51. The molecule has 1 saturated heterocycles. The lowest BCUT2D eigenvalue weighted by Crippen LogP contribution is -2.40. The Morgan fingerprint density at radius 3 is 2.54 bits per heavy atom. The number of likely N-dealkylation sites (tertiary alicyclic amines) is 1. The van der Waals surface area contributed by atoms with Crippen LogP contribution in [0.4, 0.5) is 0 Å². The molecule has 0 atom stereocenters. The van der Waals surface area contributed by atoms with Gasteiger partial charge in [-0.3, -0.25) is 19.4 Å². The minimum absolute atomic E-state index is 0.0766. The van der Waals surface area contributed by atoms with Crippen LogP contribution in [0, 0.1) is 19.8 Å². The zero-order chi connectivity index (χ0) is 18.7. The molecule has 1 aliphatic heterocycles. The van der Waals surface area contributed by atoms with Crippen LogP contribution in [-0.4, -0.2) is 57.4 Å². The highest BCUT2D eigenvalue weighted by Crippen LogP contribution is 2.30. The second kappa shape index (κ2) is 7.95. The molecule has 2 aromatic rings. The molecular formula is C19H27N5O2. The highest BCUT2D eigenvalue weighted by molar-refractivity contribution is 5.77. The van der Waals surface area contributed by atoms with Crippen LogP contribution in [0.25, 0.3) is 11.3 Å². The van der Waals surface area contributed by atoms with Gasteiger partial charge in [0.25, 0.3) is 0 Å². The Balaban J connectivity index is 1.73. The van der Waals surface area contributed by atoms with Crippen molar-refractivity contribution in [2.75, 3.05) is 26.8 Å². The number of aryl methyl sites for hydroxylation is 2. The number of amides is 1. The highest BCUT2D eigenvalue weighted by atomic mass is 16.5. The molecule has 0 unspecified atom stereocenters. The predicted molar refractivity (Wildman–Crippen MR) is 98.6 cm³/mol. The van der Waals surface area contributed by atoms with E-state index in [1.165, 1.54) is 0 Å². The first-order valence-electron chi connectivity index (χ1n) is 9.08. The third-order valence-electron chi connectivity index (χ3n) is 5.24. The fourth-order valence-electron chi connectivity index (χ4n) is 3.72. The van der Waals surface area contributed by atoms with Gasteiger partial charge in [0.1, 0.15) is 6.61 Å². The molecule has 1 fully saturated rings. The molecule has 140 valence electrons. The van der Waals surface area contributed by atoms with E-state index in [0.717, 1.165) is 60.7 Å². The SMILES string of the molecule is COCC(=O)N1CCC(Cc2nccnc2-c2c(C)nn(C)c2C)CC1. The Morgan fingerprint density at radius 1 is 1.23 bits per heavy atom. The number of aromatic nitrogens is 4. The van der Waals surface area contributed by atoms with Gasteiger partial charge in [0.15, 0.2) is 0 Å². The molecule has 0 N–H and O–H groups in total. The summed E-state index contributed by atoms with van der Waals surface area (Å²) in [6.45, 7) is 5.81. The topological polar surface area (TPSA) is 73.1 Å². The monoisotopic (exact) mass is 357 g/mol. The van der Waals surface area contributed by atoms with Gasteiger partial charge in [0.2, 0.25) is 5.91 Å². The molecule has 1 amide bonds. The Morgan fingerprint density at radius 2 is 1.92 bits per heavy atom. The van der Waals surface area contributed by atoms with Gasteiger partial charge in [-0.2, -0.15) is 5.10 Å². The molecule has 0 saturated carbocycles. The third kappa shape index (κ3) is 3.77. The normalized spacial score (nSPS) is 15.5. The highest BCUT2D eigenvalue weighted by Gasteiger charge is 2.25. The summed E-state index contributed by atoms with van der Waals surface area (Å²) in [7, 11) is 3.51. The van der Waals surface area contributed by atoms with Gasteiger partial charge in [-0.25, -0.2) is 0 Å². The molecule has 0 radical (unpaired) electrons. The first-order chi connectivity index (χ1) is 12.5. The summed E-state index contributed by atoms with van der Waals surface area (Å²) in [4.78, 5) is 23.1. The van der Waals surface area contributed by atoms with Crippen LogP contribution in [0.2, 0.25) is 0 Å². The summed E-state index contributed by atoms with van der Waals surface area (Å²) in [5.74, 6) is 0.585. The van der Waals surface area contributed by atoms with Gasteiger partial charge in [-0.05, 0) is 39.0 Å². The van der Waals surface area contributed by atoms with Crippen molar-refractivity contribution in [2.45, 2.75) is 33.1 Å². The van der Waals surface area contributed by atoms with E-state index in [1.807, 2.05) is 23.6 Å². The number of methoxy groups -OCH3 is 1. The molecule has 3 rings (SSSR count). The van der Waals surface area contributed by atoms with Gasteiger partial charge in [-0.1, -0.05) is 0 Å². The first kappa shape index (κ1) is 18.5. The van der Waals surface area contributed by atoms with Gasteiger partial charge < -0.3 is 9.64 Å². The van der Waals surface area contributed by atoms with E-state index in [9.17, 15) is 4.79 Å². The fourth-order valence-corrected chi connectivity index (χ4v) is 3.72. The number of hydrogen-bond acceptors (Lipinski definition) is 5. The molecule has 0 aromatic carbocycles. The first-order valence-corrected chi connectivity index (χ1v) is 9.08. The van der Waals surface area contributed by atoms with Crippen LogP contribution in [0.1, 0.15) is 29.9 Å². The van der Waals surface area contributed by atoms with Crippen molar-refractivity contribution in [1.29, 1.82) is 0 Å². The Bertz CT molecular complexity index is 778. The van der Waals surface area contributed by atoms with Gasteiger partial charge in [-0.15, -0.1) is 0 Å². The van der Waals surface area contributed by atoms with Crippen molar-refractivity contribution in [3.63, 3.8) is 0 Å². The van der Waals surface area contributed by atoms with Crippen LogP contribution < -0.4 is 0 Å². The maximum absolute atomic E-state index is 11.9. The van der Waals surface area contributed by atoms with E-state index < -0.39 is 0 Å². The lowest BCUT2D eigenvalue weighted by molar-refractivity contribution is -0.136. The lowest BCUT2D eigenvalue weighted by Gasteiger charge is -2.32. The van der Waals surface area contributed by atoms with Crippen molar-refractivity contribution >= 4 is 5.91 Å². The van der Waals surface area contributed by atoms with Gasteiger partial charge >= 0.3 is 0 Å². The number of ether oxygens (including phenoxy) is 1. The largest absolute Gasteiger partial charge is 0.375 e. The van der Waals surface area contributed by atoms with Crippen LogP contribution >= 0.6 is 0 Å². The van der Waals surface area contributed by atoms with E-state index >= 15 is 0 Å². The number of carbonyl (C=O) groups is 1. The van der Waals surface area contributed by atoms with Crippen LogP contribution in [0.15, 0.2) is 12.4 Å². The molecule has 3 heterocycles. The second-order valence-electron chi connectivity index (χ2n) is 6.98.